The maximum absolute atomic E-state index is 12.8. The minimum absolute atomic E-state index is 0.0232. The number of hydrogen-bond acceptors (Lipinski definition) is 5. The van der Waals surface area contributed by atoms with Crippen LogP contribution in [0.3, 0.4) is 0 Å². The van der Waals surface area contributed by atoms with Gasteiger partial charge in [-0.15, -0.1) is 0 Å². The quantitative estimate of drug-likeness (QED) is 0.560. The number of aryl methyl sites for hydroxylation is 1. The fraction of sp³-hybridized carbons (Fsp3) is 0.708. The summed E-state index contributed by atoms with van der Waals surface area (Å²) in [7, 11) is 0. The first-order valence-electron chi connectivity index (χ1n) is 12.1. The molecule has 0 aliphatic carbocycles. The molecule has 0 N–H and O–H groups in total. The monoisotopic (exact) mass is 521 g/mol. The predicted molar refractivity (Wildman–Crippen MR) is 117 cm³/mol. The fourth-order valence-electron chi connectivity index (χ4n) is 6.09. The van der Waals surface area contributed by atoms with Gasteiger partial charge in [0.25, 0.3) is 6.10 Å². The maximum atomic E-state index is 12.8. The van der Waals surface area contributed by atoms with Crippen LogP contribution in [0.5, 0.6) is 0 Å². The smallest absolute Gasteiger partial charge is 0.426 e. The molecule has 4 fully saturated rings. The summed E-state index contributed by atoms with van der Waals surface area (Å²) in [5.74, 6) is 1.05. The van der Waals surface area contributed by atoms with Gasteiger partial charge < -0.3 is 19.3 Å². The number of benzene rings is 1. The number of rotatable bonds is 4. The molecule has 0 radical (unpaired) electrons. The van der Waals surface area contributed by atoms with Crippen molar-refractivity contribution >= 4 is 11.8 Å². The first kappa shape index (κ1) is 25.4. The van der Waals surface area contributed by atoms with Gasteiger partial charge in [0.2, 0.25) is 0 Å². The third-order valence-electron chi connectivity index (χ3n) is 7.85. The number of hydrogen-bond donors (Lipinski definition) is 0. The van der Waals surface area contributed by atoms with Crippen LogP contribution in [0.4, 0.5) is 36.8 Å². The molecule has 1 aromatic rings. The average molecular weight is 522 g/mol. The summed E-state index contributed by atoms with van der Waals surface area (Å²) >= 11 is 0. The van der Waals surface area contributed by atoms with Crippen molar-refractivity contribution in [1.82, 2.24) is 9.80 Å². The molecule has 4 aliphatic heterocycles. The van der Waals surface area contributed by atoms with Gasteiger partial charge in [-0.3, -0.25) is 4.90 Å². The molecule has 6 nitrogen and oxygen atoms in total. The highest BCUT2D eigenvalue weighted by Gasteiger charge is 2.60. The SMILES string of the molecule is Cc1ccc(CN2CC3CN(C(=O)OC(C(F)(F)F)C(F)(F)F)CC3C2)c(N2CC3COCC3C2)c1. The third kappa shape index (κ3) is 5.11. The van der Waals surface area contributed by atoms with E-state index in [1.807, 2.05) is 0 Å². The first-order chi connectivity index (χ1) is 16.9. The van der Waals surface area contributed by atoms with Gasteiger partial charge in [0, 0.05) is 63.3 Å². The molecule has 1 aromatic carbocycles. The first-order valence-corrected chi connectivity index (χ1v) is 12.1. The lowest BCUT2D eigenvalue weighted by atomic mass is 10.0. The zero-order chi connectivity index (χ0) is 25.8. The van der Waals surface area contributed by atoms with Gasteiger partial charge in [0.1, 0.15) is 0 Å². The van der Waals surface area contributed by atoms with Gasteiger partial charge in [-0.05, 0) is 36.0 Å². The predicted octanol–water partition coefficient (Wildman–Crippen LogP) is 4.07. The van der Waals surface area contributed by atoms with Crippen molar-refractivity contribution in [3.05, 3.63) is 29.3 Å². The average Bonchev–Trinajstić information content (AvgIpc) is 3.51. The minimum Gasteiger partial charge on any atom is -0.426 e. The van der Waals surface area contributed by atoms with E-state index >= 15 is 0 Å². The Hall–Kier alpha value is -2.21. The number of nitrogens with zero attached hydrogens (tertiary/aromatic N) is 3. The van der Waals surface area contributed by atoms with Gasteiger partial charge in [-0.2, -0.15) is 26.3 Å². The molecule has 4 unspecified atom stereocenters. The number of amides is 1. The number of carbonyl (C=O) groups is 1. The number of fused-ring (bicyclic) bond motifs is 2. The number of anilines is 1. The summed E-state index contributed by atoms with van der Waals surface area (Å²) in [5, 5.41) is 0. The normalized spacial score (nSPS) is 28.8. The van der Waals surface area contributed by atoms with Gasteiger partial charge >= 0.3 is 18.4 Å². The molecule has 0 saturated carbocycles. The molecular formula is C24H29F6N3O3. The molecule has 4 aliphatic rings. The summed E-state index contributed by atoms with van der Waals surface area (Å²) in [6, 6.07) is 6.40. The number of carbonyl (C=O) groups excluding carboxylic acids is 1. The minimum atomic E-state index is -5.72. The van der Waals surface area contributed by atoms with E-state index in [0.717, 1.165) is 31.2 Å². The van der Waals surface area contributed by atoms with Crippen molar-refractivity contribution in [3.63, 3.8) is 0 Å². The standard InChI is InChI=1S/C24H29F6N3O3/c1-14-2-3-15(20(4-14)32-10-18-12-35-13-19(18)11-32)5-31-6-16-8-33(9-17(16)7-31)22(34)36-21(23(25,26)27)24(28,29)30/h2-4,16-19,21H,5-13H2,1H3. The third-order valence-corrected chi connectivity index (χ3v) is 7.85. The van der Waals surface area contributed by atoms with Crippen LogP contribution in [-0.4, -0.2) is 86.8 Å². The van der Waals surface area contributed by atoms with E-state index in [1.165, 1.54) is 16.8 Å². The topological polar surface area (TPSA) is 45.2 Å². The van der Waals surface area contributed by atoms with Crippen molar-refractivity contribution in [3.8, 4) is 0 Å². The van der Waals surface area contributed by atoms with Crippen molar-refractivity contribution in [2.45, 2.75) is 31.9 Å². The van der Waals surface area contributed by atoms with E-state index in [2.05, 4.69) is 39.7 Å². The summed E-state index contributed by atoms with van der Waals surface area (Å²) in [6.07, 6.45) is -17.1. The lowest BCUT2D eigenvalue weighted by Gasteiger charge is -2.27. The van der Waals surface area contributed by atoms with Crippen molar-refractivity contribution < 1.29 is 40.6 Å². The second-order valence-corrected chi connectivity index (χ2v) is 10.6. The molecule has 4 heterocycles. The van der Waals surface area contributed by atoms with Crippen LogP contribution >= 0.6 is 0 Å². The fourth-order valence-corrected chi connectivity index (χ4v) is 6.09. The molecule has 4 saturated heterocycles. The number of alkyl halides is 6. The number of likely N-dealkylation sites (tertiary alicyclic amines) is 2. The van der Waals surface area contributed by atoms with Crippen LogP contribution < -0.4 is 4.90 Å². The largest absolute Gasteiger partial charge is 0.434 e. The van der Waals surface area contributed by atoms with Crippen LogP contribution in [-0.2, 0) is 16.0 Å². The van der Waals surface area contributed by atoms with Crippen LogP contribution in [0.25, 0.3) is 0 Å². The Labute approximate surface area is 205 Å². The molecule has 1 amide bonds. The van der Waals surface area contributed by atoms with E-state index in [0.29, 0.717) is 31.5 Å². The lowest BCUT2D eigenvalue weighted by molar-refractivity contribution is -0.308. The summed E-state index contributed by atoms with van der Waals surface area (Å²) in [4.78, 5) is 17.8. The zero-order valence-electron chi connectivity index (χ0n) is 19.8. The van der Waals surface area contributed by atoms with Crippen LogP contribution in [0.15, 0.2) is 18.2 Å². The van der Waals surface area contributed by atoms with Gasteiger partial charge in [0.15, 0.2) is 0 Å². The Morgan fingerprint density at radius 1 is 0.944 bits per heavy atom. The van der Waals surface area contributed by atoms with Gasteiger partial charge in [0.05, 0.1) is 13.2 Å². The van der Waals surface area contributed by atoms with E-state index in [-0.39, 0.29) is 24.9 Å². The molecule has 0 spiro atoms. The van der Waals surface area contributed by atoms with Gasteiger partial charge in [-0.25, -0.2) is 4.79 Å². The zero-order valence-corrected chi connectivity index (χ0v) is 19.8. The molecule has 36 heavy (non-hydrogen) atoms. The molecule has 5 rings (SSSR count). The second kappa shape index (κ2) is 9.27. The second-order valence-electron chi connectivity index (χ2n) is 10.6. The number of ether oxygens (including phenoxy) is 2. The van der Waals surface area contributed by atoms with E-state index in [1.54, 1.807) is 0 Å². The molecule has 0 aromatic heterocycles. The van der Waals surface area contributed by atoms with E-state index < -0.39 is 24.5 Å². The Bertz CT molecular complexity index is 947. The highest BCUT2D eigenvalue weighted by atomic mass is 19.4. The molecule has 0 bridgehead atoms. The Balaban J connectivity index is 1.19. The van der Waals surface area contributed by atoms with Crippen molar-refractivity contribution in [1.29, 1.82) is 0 Å². The highest BCUT2D eigenvalue weighted by Crippen LogP contribution is 2.39. The Morgan fingerprint density at radius 3 is 2.08 bits per heavy atom. The molecular weight excluding hydrogens is 492 g/mol. The van der Waals surface area contributed by atoms with Gasteiger partial charge in [-0.1, -0.05) is 12.1 Å². The summed E-state index contributed by atoms with van der Waals surface area (Å²) < 4.78 is 86.0. The lowest BCUT2D eigenvalue weighted by Crippen LogP contribution is -2.48. The van der Waals surface area contributed by atoms with Crippen molar-refractivity contribution in [2.75, 3.05) is 57.4 Å². The Kier molecular flexibility index (Phi) is 6.55. The summed E-state index contributed by atoms with van der Waals surface area (Å²) in [5.41, 5.74) is 3.57. The highest BCUT2D eigenvalue weighted by molar-refractivity contribution is 5.68. The van der Waals surface area contributed by atoms with E-state index in [4.69, 9.17) is 4.74 Å². The maximum Gasteiger partial charge on any atom is 0.434 e. The van der Waals surface area contributed by atoms with E-state index in [9.17, 15) is 31.1 Å². The number of halogens is 6. The summed E-state index contributed by atoms with van der Waals surface area (Å²) in [6.45, 7) is 7.65. The molecule has 12 heteroatoms. The van der Waals surface area contributed by atoms with Crippen LogP contribution in [0.2, 0.25) is 0 Å². The Morgan fingerprint density at radius 2 is 1.53 bits per heavy atom. The molecule has 200 valence electrons. The van der Waals surface area contributed by atoms with Crippen LogP contribution in [0, 0.1) is 30.6 Å². The van der Waals surface area contributed by atoms with Crippen molar-refractivity contribution in [2.24, 2.45) is 23.7 Å². The van der Waals surface area contributed by atoms with Crippen LogP contribution in [0.1, 0.15) is 11.1 Å². The molecule has 4 atom stereocenters.